The fraction of sp³-hybridized carbons (Fsp3) is 0.367. The lowest BCUT2D eigenvalue weighted by Gasteiger charge is -2.40. The zero-order valence-electron chi connectivity index (χ0n) is 21.1. The first kappa shape index (κ1) is 24.9. The smallest absolute Gasteiger partial charge is 0.253 e. The van der Waals surface area contributed by atoms with E-state index in [2.05, 4.69) is 27.3 Å². The average Bonchev–Trinajstić information content (AvgIpc) is 3.54. The fourth-order valence-corrected chi connectivity index (χ4v) is 6.49. The van der Waals surface area contributed by atoms with E-state index in [1.165, 1.54) is 17.8 Å². The van der Waals surface area contributed by atoms with Crippen molar-refractivity contribution < 1.29 is 14.0 Å². The molecule has 0 saturated carbocycles. The molecular formula is C30H30ClFN4O2. The molecule has 6 rings (SSSR count). The molecule has 2 aliphatic heterocycles. The second kappa shape index (κ2) is 10.0. The van der Waals surface area contributed by atoms with Crippen LogP contribution < -0.4 is 10.2 Å². The van der Waals surface area contributed by atoms with Crippen LogP contribution in [0.5, 0.6) is 0 Å². The summed E-state index contributed by atoms with van der Waals surface area (Å²) in [5.74, 6) is -0.874. The number of aryl methyl sites for hydroxylation is 1. The minimum absolute atomic E-state index is 0.0476. The summed E-state index contributed by atoms with van der Waals surface area (Å²) >= 11 is 6.13. The highest BCUT2D eigenvalue weighted by atomic mass is 35.5. The number of nitrogens with zero attached hydrogens (tertiary/aromatic N) is 3. The Labute approximate surface area is 226 Å². The molecule has 196 valence electrons. The van der Waals surface area contributed by atoms with Gasteiger partial charge in [-0.1, -0.05) is 17.7 Å². The Bertz CT molecular complexity index is 1370. The molecule has 0 radical (unpaired) electrons. The van der Waals surface area contributed by atoms with Gasteiger partial charge in [0.05, 0.1) is 16.6 Å². The molecule has 1 atom stereocenters. The highest BCUT2D eigenvalue weighted by molar-refractivity contribution is 6.33. The molecule has 1 unspecified atom stereocenters. The van der Waals surface area contributed by atoms with Gasteiger partial charge in [0.1, 0.15) is 5.82 Å². The molecule has 8 heteroatoms. The molecule has 2 aromatic carbocycles. The van der Waals surface area contributed by atoms with Crippen molar-refractivity contribution in [2.45, 2.75) is 38.1 Å². The van der Waals surface area contributed by atoms with Crippen LogP contribution in [-0.4, -0.2) is 47.9 Å². The van der Waals surface area contributed by atoms with Gasteiger partial charge in [-0.05, 0) is 91.1 Å². The Morgan fingerprint density at radius 2 is 1.76 bits per heavy atom. The number of aromatic nitrogens is 1. The summed E-state index contributed by atoms with van der Waals surface area (Å²) in [6, 6.07) is 13.5. The molecule has 3 heterocycles. The van der Waals surface area contributed by atoms with Gasteiger partial charge in [0.15, 0.2) is 0 Å². The van der Waals surface area contributed by atoms with Gasteiger partial charge in [-0.15, -0.1) is 0 Å². The lowest BCUT2D eigenvalue weighted by Crippen LogP contribution is -2.42. The third-order valence-electron chi connectivity index (χ3n) is 8.53. The molecule has 1 aromatic heterocycles. The predicted molar refractivity (Wildman–Crippen MR) is 145 cm³/mol. The summed E-state index contributed by atoms with van der Waals surface area (Å²) in [5, 5.41) is 3.20. The molecule has 3 aliphatic rings. The SMILES string of the molecule is O=C(NC1CCc2ccc(C(=O)N3CCC4(CCN(c5ccncc5)CC4)C3)cc21)c1cc(F)ccc1Cl. The summed E-state index contributed by atoms with van der Waals surface area (Å²) in [7, 11) is 0. The molecule has 1 spiro atoms. The van der Waals surface area contributed by atoms with E-state index in [4.69, 9.17) is 11.6 Å². The van der Waals surface area contributed by atoms with Crippen LogP contribution in [0.3, 0.4) is 0 Å². The van der Waals surface area contributed by atoms with Crippen molar-refractivity contribution in [3.63, 3.8) is 0 Å². The van der Waals surface area contributed by atoms with Gasteiger partial charge in [-0.25, -0.2) is 4.39 Å². The number of carbonyl (C=O) groups is 2. The number of nitrogens with one attached hydrogen (secondary N) is 1. The quantitative estimate of drug-likeness (QED) is 0.487. The second-order valence-electron chi connectivity index (χ2n) is 10.8. The van der Waals surface area contributed by atoms with Gasteiger partial charge in [0, 0.05) is 49.8 Å². The predicted octanol–water partition coefficient (Wildman–Crippen LogP) is 5.42. The van der Waals surface area contributed by atoms with E-state index < -0.39 is 11.7 Å². The van der Waals surface area contributed by atoms with Crippen LogP contribution in [-0.2, 0) is 6.42 Å². The average molecular weight is 533 g/mol. The van der Waals surface area contributed by atoms with Gasteiger partial charge in [-0.3, -0.25) is 14.6 Å². The van der Waals surface area contributed by atoms with Crippen LogP contribution in [0.15, 0.2) is 60.9 Å². The first-order chi connectivity index (χ1) is 18.4. The van der Waals surface area contributed by atoms with Crippen LogP contribution in [0.25, 0.3) is 0 Å². The number of carbonyl (C=O) groups excluding carboxylic acids is 2. The number of pyridine rings is 1. The number of hydrogen-bond donors (Lipinski definition) is 1. The molecule has 2 fully saturated rings. The van der Waals surface area contributed by atoms with Crippen LogP contribution in [0.1, 0.15) is 63.6 Å². The maximum atomic E-state index is 13.7. The first-order valence-electron chi connectivity index (χ1n) is 13.2. The lowest BCUT2D eigenvalue weighted by atomic mass is 9.77. The normalized spacial score (nSPS) is 20.0. The zero-order chi connectivity index (χ0) is 26.3. The Morgan fingerprint density at radius 3 is 2.55 bits per heavy atom. The second-order valence-corrected chi connectivity index (χ2v) is 11.2. The summed E-state index contributed by atoms with van der Waals surface area (Å²) in [5.41, 5.74) is 4.23. The maximum absolute atomic E-state index is 13.7. The van der Waals surface area contributed by atoms with Gasteiger partial charge in [0.25, 0.3) is 11.8 Å². The van der Waals surface area contributed by atoms with Crippen molar-refractivity contribution in [3.8, 4) is 0 Å². The molecule has 3 aromatic rings. The minimum atomic E-state index is -0.509. The summed E-state index contributed by atoms with van der Waals surface area (Å²) in [6.45, 7) is 3.53. The number of rotatable bonds is 4. The number of amides is 2. The number of halogens is 2. The van der Waals surface area contributed by atoms with Gasteiger partial charge >= 0.3 is 0 Å². The van der Waals surface area contributed by atoms with Crippen molar-refractivity contribution in [2.24, 2.45) is 5.41 Å². The topological polar surface area (TPSA) is 65.5 Å². The number of fused-ring (bicyclic) bond motifs is 1. The van der Waals surface area contributed by atoms with Crippen molar-refractivity contribution in [2.75, 3.05) is 31.1 Å². The summed E-state index contributed by atoms with van der Waals surface area (Å²) in [6.07, 6.45) is 8.37. The van der Waals surface area contributed by atoms with E-state index in [0.717, 1.165) is 75.5 Å². The van der Waals surface area contributed by atoms with Crippen LogP contribution in [0.4, 0.5) is 10.1 Å². The van der Waals surface area contributed by atoms with Gasteiger partial charge < -0.3 is 15.1 Å². The Hall–Kier alpha value is -3.45. The number of hydrogen-bond acceptors (Lipinski definition) is 4. The molecule has 38 heavy (non-hydrogen) atoms. The van der Waals surface area contributed by atoms with Crippen molar-refractivity contribution in [3.05, 3.63) is 94.0 Å². The maximum Gasteiger partial charge on any atom is 0.253 e. The van der Waals surface area contributed by atoms with Crippen molar-refractivity contribution >= 4 is 29.1 Å². The Morgan fingerprint density at radius 1 is 1.00 bits per heavy atom. The standard InChI is InChI=1S/C30H30ClFN4O2/c31-26-5-4-22(32)18-25(26)28(37)34-27-6-3-20-1-2-21(17-24(20)27)29(38)36-16-11-30(19-36)9-14-35(15-10-30)23-7-12-33-13-8-23/h1-2,4-5,7-8,12-13,17-18,27H,3,6,9-11,14-16,19H2,(H,34,37). The number of benzene rings is 2. The molecule has 2 saturated heterocycles. The van der Waals surface area contributed by atoms with Crippen molar-refractivity contribution in [1.82, 2.24) is 15.2 Å². The largest absolute Gasteiger partial charge is 0.371 e. The van der Waals surface area contributed by atoms with E-state index in [0.29, 0.717) is 5.56 Å². The van der Waals surface area contributed by atoms with E-state index >= 15 is 0 Å². The van der Waals surface area contributed by atoms with E-state index in [-0.39, 0.29) is 28.0 Å². The summed E-state index contributed by atoms with van der Waals surface area (Å²) < 4.78 is 13.7. The third-order valence-corrected chi connectivity index (χ3v) is 8.86. The zero-order valence-corrected chi connectivity index (χ0v) is 21.9. The Balaban J connectivity index is 1.12. The highest BCUT2D eigenvalue weighted by Gasteiger charge is 2.42. The fourth-order valence-electron chi connectivity index (χ4n) is 6.29. The molecule has 1 N–H and O–H groups in total. The van der Waals surface area contributed by atoms with E-state index in [9.17, 15) is 14.0 Å². The van der Waals surface area contributed by atoms with Gasteiger partial charge in [0.2, 0.25) is 0 Å². The van der Waals surface area contributed by atoms with E-state index in [1.54, 1.807) is 0 Å². The molecule has 0 bridgehead atoms. The minimum Gasteiger partial charge on any atom is -0.371 e. The van der Waals surface area contributed by atoms with Crippen LogP contribution in [0.2, 0.25) is 5.02 Å². The molecule has 6 nitrogen and oxygen atoms in total. The van der Waals surface area contributed by atoms with Gasteiger partial charge in [-0.2, -0.15) is 0 Å². The highest BCUT2D eigenvalue weighted by Crippen LogP contribution is 2.42. The van der Waals surface area contributed by atoms with Crippen molar-refractivity contribution in [1.29, 1.82) is 0 Å². The molecule has 1 aliphatic carbocycles. The summed E-state index contributed by atoms with van der Waals surface area (Å²) in [4.78, 5) is 34.9. The first-order valence-corrected chi connectivity index (χ1v) is 13.6. The Kier molecular flexibility index (Phi) is 6.56. The van der Waals surface area contributed by atoms with E-state index in [1.807, 2.05) is 35.5 Å². The molecule has 2 amide bonds. The van der Waals surface area contributed by atoms with Crippen LogP contribution >= 0.6 is 11.6 Å². The monoisotopic (exact) mass is 532 g/mol. The molecular weight excluding hydrogens is 503 g/mol. The number of piperidine rings is 1. The number of anilines is 1. The van der Waals surface area contributed by atoms with Crippen LogP contribution in [0, 0.1) is 11.2 Å². The lowest BCUT2D eigenvalue weighted by molar-refractivity contribution is 0.0764. The number of likely N-dealkylation sites (tertiary alicyclic amines) is 1. The third kappa shape index (κ3) is 4.75.